The molecule has 0 amide bonds. The number of rotatable bonds is 3. The lowest BCUT2D eigenvalue weighted by Crippen LogP contribution is -2.43. The molecule has 0 saturated carbocycles. The fraction of sp³-hybridized carbons (Fsp3) is 0.625. The molecule has 0 aromatic carbocycles. The first kappa shape index (κ1) is 16.1. The first-order valence-electron chi connectivity index (χ1n) is 8.04. The first-order valence-corrected chi connectivity index (χ1v) is 8.86. The van der Waals surface area contributed by atoms with Gasteiger partial charge in [0.05, 0.1) is 0 Å². The maximum atomic E-state index is 4.39. The van der Waals surface area contributed by atoms with E-state index in [1.165, 1.54) is 0 Å². The van der Waals surface area contributed by atoms with Crippen LogP contribution in [0.15, 0.2) is 18.3 Å². The third kappa shape index (κ3) is 3.60. The molecule has 0 bridgehead atoms. The van der Waals surface area contributed by atoms with Crippen molar-refractivity contribution in [1.82, 2.24) is 20.4 Å². The van der Waals surface area contributed by atoms with Crippen molar-refractivity contribution in [3.05, 3.63) is 23.3 Å². The van der Waals surface area contributed by atoms with Crippen LogP contribution in [0.3, 0.4) is 0 Å². The average molecular weight is 332 g/mol. The topological polar surface area (TPSA) is 58.0 Å². The van der Waals surface area contributed by atoms with Gasteiger partial charge in [-0.05, 0) is 25.0 Å². The van der Waals surface area contributed by atoms with Gasteiger partial charge in [0.1, 0.15) is 5.01 Å². The highest BCUT2D eigenvalue weighted by Crippen LogP contribution is 2.31. The molecule has 2 aromatic heterocycles. The van der Waals surface area contributed by atoms with Gasteiger partial charge in [0.2, 0.25) is 5.13 Å². The van der Waals surface area contributed by atoms with Gasteiger partial charge < -0.3 is 9.80 Å². The third-order valence-electron chi connectivity index (χ3n) is 4.26. The van der Waals surface area contributed by atoms with Crippen LogP contribution < -0.4 is 9.80 Å². The molecule has 2 aromatic rings. The van der Waals surface area contributed by atoms with Crippen molar-refractivity contribution in [1.29, 1.82) is 0 Å². The van der Waals surface area contributed by atoms with Crippen molar-refractivity contribution in [2.45, 2.75) is 45.1 Å². The Morgan fingerprint density at radius 1 is 1.17 bits per heavy atom. The molecular formula is C16H24N6S. The second kappa shape index (κ2) is 6.39. The van der Waals surface area contributed by atoms with Gasteiger partial charge in [-0.25, -0.2) is 0 Å². The molecule has 3 rings (SSSR count). The van der Waals surface area contributed by atoms with Crippen molar-refractivity contribution < 1.29 is 0 Å². The molecule has 7 heteroatoms. The van der Waals surface area contributed by atoms with Crippen LogP contribution in [0.2, 0.25) is 0 Å². The molecule has 3 heterocycles. The standard InChI is InChI=1S/C16H24N6S/c1-16(2,3)14-19-20-15(23-14)22-10-7-12(8-11-22)21(4)13-6-5-9-17-18-13/h5-6,9,12H,7-8,10-11H2,1-4H3. The predicted octanol–water partition coefficient (Wildman–Crippen LogP) is 2.73. The molecule has 1 fully saturated rings. The Kier molecular flexibility index (Phi) is 4.48. The SMILES string of the molecule is CN(c1cccnn1)C1CCN(c2nnc(C(C)(C)C)s2)CC1. The fourth-order valence-corrected chi connectivity index (χ4v) is 3.71. The van der Waals surface area contributed by atoms with E-state index in [0.29, 0.717) is 6.04 Å². The van der Waals surface area contributed by atoms with Crippen LogP contribution in [0.25, 0.3) is 0 Å². The summed E-state index contributed by atoms with van der Waals surface area (Å²) >= 11 is 1.72. The van der Waals surface area contributed by atoms with E-state index in [9.17, 15) is 0 Å². The smallest absolute Gasteiger partial charge is 0.208 e. The van der Waals surface area contributed by atoms with E-state index >= 15 is 0 Å². The summed E-state index contributed by atoms with van der Waals surface area (Å²) < 4.78 is 0. The van der Waals surface area contributed by atoms with E-state index in [2.05, 4.69) is 58.0 Å². The molecule has 0 unspecified atom stereocenters. The Balaban J connectivity index is 1.61. The second-order valence-electron chi connectivity index (χ2n) is 7.05. The Morgan fingerprint density at radius 2 is 1.91 bits per heavy atom. The maximum absolute atomic E-state index is 4.39. The molecule has 1 aliphatic rings. The highest BCUT2D eigenvalue weighted by Gasteiger charge is 2.27. The highest BCUT2D eigenvalue weighted by atomic mass is 32.1. The lowest BCUT2D eigenvalue weighted by Gasteiger charge is -2.36. The van der Waals surface area contributed by atoms with E-state index in [0.717, 1.165) is 41.9 Å². The van der Waals surface area contributed by atoms with Crippen molar-refractivity contribution in [3.63, 3.8) is 0 Å². The second-order valence-corrected chi connectivity index (χ2v) is 8.01. The number of hydrogen-bond acceptors (Lipinski definition) is 7. The van der Waals surface area contributed by atoms with Crippen molar-refractivity contribution in [2.24, 2.45) is 0 Å². The molecule has 0 radical (unpaired) electrons. The molecule has 0 spiro atoms. The molecule has 1 saturated heterocycles. The van der Waals surface area contributed by atoms with Crippen LogP contribution in [-0.2, 0) is 5.41 Å². The average Bonchev–Trinajstić information content (AvgIpc) is 3.05. The molecule has 0 aliphatic carbocycles. The zero-order chi connectivity index (χ0) is 16.4. The molecule has 6 nitrogen and oxygen atoms in total. The van der Waals surface area contributed by atoms with Crippen LogP contribution >= 0.6 is 11.3 Å². The van der Waals surface area contributed by atoms with E-state index in [-0.39, 0.29) is 5.41 Å². The first-order chi connectivity index (χ1) is 10.9. The van der Waals surface area contributed by atoms with E-state index in [4.69, 9.17) is 0 Å². The number of anilines is 2. The highest BCUT2D eigenvalue weighted by molar-refractivity contribution is 7.15. The summed E-state index contributed by atoms with van der Waals surface area (Å²) in [5.74, 6) is 0.942. The fourth-order valence-electron chi connectivity index (χ4n) is 2.76. The zero-order valence-electron chi connectivity index (χ0n) is 14.2. The van der Waals surface area contributed by atoms with Crippen molar-refractivity contribution in [2.75, 3.05) is 29.9 Å². The monoisotopic (exact) mass is 332 g/mol. The summed E-state index contributed by atoms with van der Waals surface area (Å²) in [5.41, 5.74) is 0.0699. The normalized spacial score (nSPS) is 16.6. The van der Waals surface area contributed by atoms with Gasteiger partial charge in [0, 0.05) is 37.8 Å². The van der Waals surface area contributed by atoms with Gasteiger partial charge in [0.25, 0.3) is 0 Å². The molecule has 1 aliphatic heterocycles. The lowest BCUT2D eigenvalue weighted by atomic mass is 9.98. The summed E-state index contributed by atoms with van der Waals surface area (Å²) in [6.45, 7) is 8.56. The zero-order valence-corrected chi connectivity index (χ0v) is 15.0. The minimum Gasteiger partial charge on any atom is -0.355 e. The largest absolute Gasteiger partial charge is 0.355 e. The van der Waals surface area contributed by atoms with Gasteiger partial charge in [-0.15, -0.1) is 15.3 Å². The maximum Gasteiger partial charge on any atom is 0.208 e. The molecular weight excluding hydrogens is 308 g/mol. The Hall–Kier alpha value is -1.76. The van der Waals surface area contributed by atoms with E-state index in [1.54, 1.807) is 17.5 Å². The van der Waals surface area contributed by atoms with Crippen LogP contribution in [0.5, 0.6) is 0 Å². The van der Waals surface area contributed by atoms with E-state index < -0.39 is 0 Å². The summed E-state index contributed by atoms with van der Waals surface area (Å²) in [6.07, 6.45) is 3.90. The molecule has 124 valence electrons. The number of aromatic nitrogens is 4. The number of piperidine rings is 1. The molecule has 0 atom stereocenters. The lowest BCUT2D eigenvalue weighted by molar-refractivity contribution is 0.478. The number of nitrogens with zero attached hydrogens (tertiary/aromatic N) is 6. The van der Waals surface area contributed by atoms with Crippen molar-refractivity contribution in [3.8, 4) is 0 Å². The summed E-state index contributed by atoms with van der Waals surface area (Å²) in [6, 6.07) is 4.45. The summed E-state index contributed by atoms with van der Waals surface area (Å²) in [4.78, 5) is 4.60. The van der Waals surface area contributed by atoms with Crippen LogP contribution in [-0.4, -0.2) is 46.6 Å². The van der Waals surface area contributed by atoms with Gasteiger partial charge in [-0.2, -0.15) is 5.10 Å². The minimum atomic E-state index is 0.0699. The Labute approximate surface area is 141 Å². The summed E-state index contributed by atoms with van der Waals surface area (Å²) in [5, 5.41) is 19.1. The van der Waals surface area contributed by atoms with Gasteiger partial charge in [0.15, 0.2) is 5.82 Å². The van der Waals surface area contributed by atoms with Crippen LogP contribution in [0.1, 0.15) is 38.6 Å². The predicted molar refractivity (Wildman–Crippen MR) is 94.3 cm³/mol. The van der Waals surface area contributed by atoms with Gasteiger partial charge in [-0.3, -0.25) is 0 Å². The van der Waals surface area contributed by atoms with Crippen molar-refractivity contribution >= 4 is 22.3 Å². The Morgan fingerprint density at radius 3 is 2.48 bits per heavy atom. The van der Waals surface area contributed by atoms with Gasteiger partial charge >= 0.3 is 0 Å². The minimum absolute atomic E-state index is 0.0699. The van der Waals surface area contributed by atoms with Crippen LogP contribution in [0.4, 0.5) is 10.9 Å². The number of hydrogen-bond donors (Lipinski definition) is 0. The van der Waals surface area contributed by atoms with E-state index in [1.807, 2.05) is 12.1 Å². The third-order valence-corrected chi connectivity index (χ3v) is 5.67. The summed E-state index contributed by atoms with van der Waals surface area (Å²) in [7, 11) is 2.10. The quantitative estimate of drug-likeness (QED) is 0.861. The Bertz CT molecular complexity index is 628. The molecule has 0 N–H and O–H groups in total. The van der Waals surface area contributed by atoms with Crippen LogP contribution in [0, 0.1) is 0 Å². The molecule has 23 heavy (non-hydrogen) atoms. The van der Waals surface area contributed by atoms with Gasteiger partial charge in [-0.1, -0.05) is 32.1 Å².